The molecule has 1 heterocycles. The van der Waals surface area contributed by atoms with Crippen molar-refractivity contribution in [3.8, 4) is 0 Å². The topological polar surface area (TPSA) is 92.5 Å². The first-order valence-electron chi connectivity index (χ1n) is 6.42. The Labute approximate surface area is 118 Å². The summed E-state index contributed by atoms with van der Waals surface area (Å²) in [6, 6.07) is 7.20. The number of amides is 1. The van der Waals surface area contributed by atoms with Gasteiger partial charge in [-0.05, 0) is 31.2 Å². The van der Waals surface area contributed by atoms with E-state index in [2.05, 4.69) is 5.43 Å². The molecule has 0 radical (unpaired) electrons. The van der Waals surface area contributed by atoms with E-state index in [1.807, 2.05) is 18.0 Å². The molecular formula is C13H19N3O3S. The van der Waals surface area contributed by atoms with Gasteiger partial charge in [-0.25, -0.2) is 14.3 Å². The van der Waals surface area contributed by atoms with Crippen molar-refractivity contribution in [2.45, 2.75) is 19.0 Å². The lowest BCUT2D eigenvalue weighted by Crippen LogP contribution is -2.32. The van der Waals surface area contributed by atoms with E-state index in [9.17, 15) is 13.2 Å². The first-order chi connectivity index (χ1) is 9.41. The van der Waals surface area contributed by atoms with Gasteiger partial charge in [0.2, 0.25) is 0 Å². The van der Waals surface area contributed by atoms with Gasteiger partial charge in [0, 0.05) is 18.2 Å². The molecule has 1 aromatic rings. The highest BCUT2D eigenvalue weighted by molar-refractivity contribution is 7.91. The molecule has 1 aromatic carbocycles. The van der Waals surface area contributed by atoms with Crippen LogP contribution in [-0.2, 0) is 16.4 Å². The largest absolute Gasteiger partial charge is 0.298 e. The number of nitrogens with zero attached hydrogens (tertiary/aromatic N) is 1. The van der Waals surface area contributed by atoms with E-state index in [0.717, 1.165) is 5.56 Å². The Morgan fingerprint density at radius 2 is 2.25 bits per heavy atom. The maximum atomic E-state index is 11.5. The third-order valence-electron chi connectivity index (χ3n) is 3.58. The number of hydrazine groups is 1. The van der Waals surface area contributed by atoms with Crippen LogP contribution in [-0.4, -0.2) is 43.8 Å². The molecule has 20 heavy (non-hydrogen) atoms. The molecule has 1 unspecified atom stereocenters. The zero-order chi connectivity index (χ0) is 14.8. The smallest absolute Gasteiger partial charge is 0.265 e. The number of hydrogen-bond acceptors (Lipinski definition) is 5. The van der Waals surface area contributed by atoms with Crippen LogP contribution >= 0.6 is 0 Å². The Bertz CT molecular complexity index is 601. The van der Waals surface area contributed by atoms with Crippen LogP contribution in [0.5, 0.6) is 0 Å². The summed E-state index contributed by atoms with van der Waals surface area (Å²) in [6.45, 7) is 0.603. The van der Waals surface area contributed by atoms with Crippen molar-refractivity contribution in [2.24, 2.45) is 5.84 Å². The van der Waals surface area contributed by atoms with Crippen LogP contribution in [0.4, 0.5) is 0 Å². The second-order valence-corrected chi connectivity index (χ2v) is 7.37. The lowest BCUT2D eigenvalue weighted by Gasteiger charge is -2.23. The van der Waals surface area contributed by atoms with Crippen LogP contribution < -0.4 is 11.3 Å². The lowest BCUT2D eigenvalue weighted by atomic mass is 10.1. The Kier molecular flexibility index (Phi) is 4.42. The summed E-state index contributed by atoms with van der Waals surface area (Å²) in [5, 5.41) is 0. The third kappa shape index (κ3) is 3.56. The third-order valence-corrected chi connectivity index (χ3v) is 5.33. The van der Waals surface area contributed by atoms with E-state index in [1.165, 1.54) is 0 Å². The van der Waals surface area contributed by atoms with Crippen molar-refractivity contribution in [3.05, 3.63) is 35.4 Å². The van der Waals surface area contributed by atoms with Crippen LogP contribution in [0.15, 0.2) is 24.3 Å². The van der Waals surface area contributed by atoms with Crippen molar-refractivity contribution in [2.75, 3.05) is 18.6 Å². The second kappa shape index (κ2) is 5.90. The Morgan fingerprint density at radius 1 is 1.50 bits per heavy atom. The molecule has 1 atom stereocenters. The minimum absolute atomic E-state index is 0.0481. The second-order valence-electron chi connectivity index (χ2n) is 5.15. The number of nitrogens with one attached hydrogen (secondary N) is 1. The molecule has 0 aliphatic carbocycles. The summed E-state index contributed by atoms with van der Waals surface area (Å²) in [6.07, 6.45) is 0.668. The number of benzene rings is 1. The van der Waals surface area contributed by atoms with Crippen LogP contribution in [0, 0.1) is 0 Å². The predicted octanol–water partition coefficient (Wildman–Crippen LogP) is -0.0910. The molecule has 1 amide bonds. The maximum absolute atomic E-state index is 11.5. The summed E-state index contributed by atoms with van der Waals surface area (Å²) in [5.41, 5.74) is 3.55. The summed E-state index contributed by atoms with van der Waals surface area (Å²) in [5.74, 6) is 5.25. The molecule has 1 aliphatic heterocycles. The highest BCUT2D eigenvalue weighted by Gasteiger charge is 2.30. The number of nitrogens with two attached hydrogens (primary N) is 1. The monoisotopic (exact) mass is 297 g/mol. The van der Waals surface area contributed by atoms with Gasteiger partial charge in [-0.1, -0.05) is 12.1 Å². The average molecular weight is 297 g/mol. The molecule has 0 bridgehead atoms. The molecule has 2 rings (SSSR count). The molecule has 1 saturated heterocycles. The van der Waals surface area contributed by atoms with E-state index in [4.69, 9.17) is 5.84 Å². The molecule has 0 spiro atoms. The van der Waals surface area contributed by atoms with Crippen molar-refractivity contribution in [3.63, 3.8) is 0 Å². The van der Waals surface area contributed by atoms with Gasteiger partial charge in [0.25, 0.3) is 5.91 Å². The van der Waals surface area contributed by atoms with Crippen LogP contribution in [0.1, 0.15) is 22.3 Å². The summed E-state index contributed by atoms with van der Waals surface area (Å²) < 4.78 is 23.0. The maximum Gasteiger partial charge on any atom is 0.265 e. The van der Waals surface area contributed by atoms with Crippen molar-refractivity contribution >= 4 is 15.7 Å². The first-order valence-corrected chi connectivity index (χ1v) is 8.24. The highest BCUT2D eigenvalue weighted by Crippen LogP contribution is 2.18. The number of hydrogen-bond donors (Lipinski definition) is 2. The van der Waals surface area contributed by atoms with E-state index < -0.39 is 9.84 Å². The summed E-state index contributed by atoms with van der Waals surface area (Å²) >= 11 is 0. The van der Waals surface area contributed by atoms with E-state index in [0.29, 0.717) is 18.5 Å². The Balaban J connectivity index is 2.05. The minimum atomic E-state index is -2.88. The number of sulfone groups is 1. The highest BCUT2D eigenvalue weighted by atomic mass is 32.2. The Hall–Kier alpha value is -1.44. The molecule has 1 fully saturated rings. The van der Waals surface area contributed by atoms with Crippen molar-refractivity contribution in [1.29, 1.82) is 0 Å². The minimum Gasteiger partial charge on any atom is -0.298 e. The molecule has 0 saturated carbocycles. The van der Waals surface area contributed by atoms with Gasteiger partial charge in [-0.2, -0.15) is 0 Å². The quantitative estimate of drug-likeness (QED) is 0.460. The lowest BCUT2D eigenvalue weighted by molar-refractivity contribution is 0.0953. The van der Waals surface area contributed by atoms with Gasteiger partial charge >= 0.3 is 0 Å². The molecule has 6 nitrogen and oxygen atoms in total. The Morgan fingerprint density at radius 3 is 2.85 bits per heavy atom. The van der Waals surface area contributed by atoms with Crippen LogP contribution in [0.2, 0.25) is 0 Å². The molecule has 0 aromatic heterocycles. The van der Waals surface area contributed by atoms with Crippen LogP contribution in [0.3, 0.4) is 0 Å². The standard InChI is InChI=1S/C13H19N3O3S/c1-16(12-5-6-20(18,19)9-12)8-10-3-2-4-11(7-10)13(17)15-14/h2-4,7,12H,5-6,8-9,14H2,1H3,(H,15,17). The van der Waals surface area contributed by atoms with Crippen molar-refractivity contribution < 1.29 is 13.2 Å². The van der Waals surface area contributed by atoms with Gasteiger partial charge < -0.3 is 0 Å². The molecule has 1 aliphatic rings. The number of carbonyl (C=O) groups is 1. The fraction of sp³-hybridized carbons (Fsp3) is 0.462. The SMILES string of the molecule is CN(Cc1cccc(C(=O)NN)c1)C1CCS(=O)(=O)C1. The summed E-state index contributed by atoms with van der Waals surface area (Å²) in [7, 11) is -0.977. The average Bonchev–Trinajstić information content (AvgIpc) is 2.78. The molecule has 3 N–H and O–H groups in total. The predicted molar refractivity (Wildman–Crippen MR) is 76.6 cm³/mol. The number of nitrogen functional groups attached to an aromatic ring is 1. The van der Waals surface area contributed by atoms with Gasteiger partial charge in [0.1, 0.15) is 0 Å². The van der Waals surface area contributed by atoms with Crippen molar-refractivity contribution in [1.82, 2.24) is 10.3 Å². The molecular weight excluding hydrogens is 278 g/mol. The molecule has 7 heteroatoms. The van der Waals surface area contributed by atoms with E-state index >= 15 is 0 Å². The molecule has 110 valence electrons. The fourth-order valence-corrected chi connectivity index (χ4v) is 4.24. The van der Waals surface area contributed by atoms with Crippen LogP contribution in [0.25, 0.3) is 0 Å². The fourth-order valence-electron chi connectivity index (χ4n) is 2.43. The van der Waals surface area contributed by atoms with Gasteiger partial charge in [-0.15, -0.1) is 0 Å². The van der Waals surface area contributed by atoms with Gasteiger partial charge in [0.05, 0.1) is 11.5 Å². The van der Waals surface area contributed by atoms with E-state index in [-0.39, 0.29) is 23.5 Å². The zero-order valence-electron chi connectivity index (χ0n) is 11.4. The summed E-state index contributed by atoms with van der Waals surface area (Å²) in [4.78, 5) is 13.5. The first kappa shape index (κ1) is 15.0. The normalized spacial score (nSPS) is 21.1. The number of carbonyl (C=O) groups excluding carboxylic acids is 1. The zero-order valence-corrected chi connectivity index (χ0v) is 12.2. The number of rotatable bonds is 4. The van der Waals surface area contributed by atoms with E-state index in [1.54, 1.807) is 18.2 Å². The van der Waals surface area contributed by atoms with Gasteiger partial charge in [-0.3, -0.25) is 15.1 Å². The van der Waals surface area contributed by atoms with Gasteiger partial charge in [0.15, 0.2) is 9.84 Å².